The van der Waals surface area contributed by atoms with Gasteiger partial charge in [-0.3, -0.25) is 0 Å². The van der Waals surface area contributed by atoms with Gasteiger partial charge in [0, 0.05) is 12.6 Å². The van der Waals surface area contributed by atoms with Crippen LogP contribution in [0.5, 0.6) is 0 Å². The van der Waals surface area contributed by atoms with Crippen molar-refractivity contribution in [3.8, 4) is 0 Å². The fraction of sp³-hybridized carbons (Fsp3) is 0.667. The largest absolute Gasteiger partial charge is 0.381 e. The Kier molecular flexibility index (Phi) is 4.18. The van der Waals surface area contributed by atoms with E-state index in [0.29, 0.717) is 12.0 Å². The van der Waals surface area contributed by atoms with Gasteiger partial charge < -0.3 is 10.1 Å². The fourth-order valence-electron chi connectivity index (χ4n) is 2.25. The van der Waals surface area contributed by atoms with Gasteiger partial charge in [0.1, 0.15) is 0 Å². The van der Waals surface area contributed by atoms with Crippen LogP contribution in [0.2, 0.25) is 0 Å². The lowest BCUT2D eigenvalue weighted by Crippen LogP contribution is -2.41. The first-order valence-electron chi connectivity index (χ1n) is 5.66. The SMILES string of the molecule is CNC1CCOCC1CCc1ccsc1. The van der Waals surface area contributed by atoms with Gasteiger partial charge in [0.25, 0.3) is 0 Å². The van der Waals surface area contributed by atoms with E-state index >= 15 is 0 Å². The van der Waals surface area contributed by atoms with Crippen molar-refractivity contribution in [3.63, 3.8) is 0 Å². The van der Waals surface area contributed by atoms with Crippen LogP contribution in [0.1, 0.15) is 18.4 Å². The van der Waals surface area contributed by atoms with Gasteiger partial charge in [0.05, 0.1) is 6.61 Å². The van der Waals surface area contributed by atoms with Crippen LogP contribution in [0.4, 0.5) is 0 Å². The van der Waals surface area contributed by atoms with Crippen molar-refractivity contribution in [1.29, 1.82) is 0 Å². The number of rotatable bonds is 4. The van der Waals surface area contributed by atoms with Crippen molar-refractivity contribution >= 4 is 11.3 Å². The highest BCUT2D eigenvalue weighted by molar-refractivity contribution is 7.07. The molecular weight excluding hydrogens is 206 g/mol. The Morgan fingerprint density at radius 1 is 1.60 bits per heavy atom. The molecule has 1 aliphatic heterocycles. The standard InChI is InChI=1S/C12H19NOS/c1-13-12-4-6-14-8-11(12)3-2-10-5-7-15-9-10/h5,7,9,11-13H,2-4,6,8H2,1H3. The number of ether oxygens (including phenoxy) is 1. The molecule has 0 aliphatic carbocycles. The van der Waals surface area contributed by atoms with Crippen LogP contribution in [0.3, 0.4) is 0 Å². The highest BCUT2D eigenvalue weighted by atomic mass is 32.1. The number of aryl methyl sites for hydroxylation is 1. The Balaban J connectivity index is 1.81. The maximum atomic E-state index is 5.55. The lowest BCUT2D eigenvalue weighted by molar-refractivity contribution is 0.0309. The van der Waals surface area contributed by atoms with Crippen LogP contribution in [-0.2, 0) is 11.2 Å². The average Bonchev–Trinajstić information content (AvgIpc) is 2.79. The molecule has 1 fully saturated rings. The van der Waals surface area contributed by atoms with E-state index in [9.17, 15) is 0 Å². The van der Waals surface area contributed by atoms with Crippen LogP contribution in [0.15, 0.2) is 16.8 Å². The highest BCUT2D eigenvalue weighted by Crippen LogP contribution is 2.20. The molecule has 1 aromatic heterocycles. The predicted molar refractivity (Wildman–Crippen MR) is 64.4 cm³/mol. The summed E-state index contributed by atoms with van der Waals surface area (Å²) >= 11 is 1.79. The second-order valence-electron chi connectivity index (χ2n) is 4.19. The molecule has 0 aromatic carbocycles. The summed E-state index contributed by atoms with van der Waals surface area (Å²) in [5, 5.41) is 7.81. The summed E-state index contributed by atoms with van der Waals surface area (Å²) in [6.45, 7) is 1.84. The lowest BCUT2D eigenvalue weighted by atomic mass is 9.90. The van der Waals surface area contributed by atoms with Crippen LogP contribution >= 0.6 is 11.3 Å². The molecule has 15 heavy (non-hydrogen) atoms. The fourth-order valence-corrected chi connectivity index (χ4v) is 2.95. The molecule has 2 nitrogen and oxygen atoms in total. The van der Waals surface area contributed by atoms with Crippen molar-refractivity contribution in [1.82, 2.24) is 5.32 Å². The maximum absolute atomic E-state index is 5.55. The van der Waals surface area contributed by atoms with Crippen molar-refractivity contribution in [3.05, 3.63) is 22.4 Å². The summed E-state index contributed by atoms with van der Waals surface area (Å²) in [5.41, 5.74) is 1.47. The van der Waals surface area contributed by atoms with E-state index in [0.717, 1.165) is 19.6 Å². The van der Waals surface area contributed by atoms with E-state index in [1.807, 2.05) is 0 Å². The molecule has 0 amide bonds. The second-order valence-corrected chi connectivity index (χ2v) is 4.97. The minimum Gasteiger partial charge on any atom is -0.381 e. The minimum absolute atomic E-state index is 0.650. The first-order chi connectivity index (χ1) is 7.40. The number of hydrogen-bond donors (Lipinski definition) is 1. The summed E-state index contributed by atoms with van der Waals surface area (Å²) < 4.78 is 5.55. The van der Waals surface area contributed by atoms with E-state index < -0.39 is 0 Å². The topological polar surface area (TPSA) is 21.3 Å². The van der Waals surface area contributed by atoms with Crippen molar-refractivity contribution < 1.29 is 4.74 Å². The summed E-state index contributed by atoms with van der Waals surface area (Å²) in [5.74, 6) is 0.684. The van der Waals surface area contributed by atoms with Gasteiger partial charge in [-0.15, -0.1) is 0 Å². The Morgan fingerprint density at radius 2 is 2.53 bits per heavy atom. The van der Waals surface area contributed by atoms with Crippen LogP contribution < -0.4 is 5.32 Å². The molecule has 0 spiro atoms. The Morgan fingerprint density at radius 3 is 3.27 bits per heavy atom. The molecule has 1 aromatic rings. The second kappa shape index (κ2) is 5.64. The molecule has 3 heteroatoms. The molecule has 2 unspecified atom stereocenters. The third-order valence-corrected chi connectivity index (χ3v) is 3.96. The van der Waals surface area contributed by atoms with E-state index in [4.69, 9.17) is 4.74 Å². The number of nitrogens with one attached hydrogen (secondary N) is 1. The molecule has 2 rings (SSSR count). The van der Waals surface area contributed by atoms with Gasteiger partial charge in [-0.25, -0.2) is 0 Å². The molecular formula is C12H19NOS. The zero-order chi connectivity index (χ0) is 10.5. The molecule has 0 radical (unpaired) electrons. The quantitative estimate of drug-likeness (QED) is 0.849. The molecule has 84 valence electrons. The monoisotopic (exact) mass is 225 g/mol. The minimum atomic E-state index is 0.650. The molecule has 1 saturated heterocycles. The zero-order valence-corrected chi connectivity index (χ0v) is 10.1. The average molecular weight is 225 g/mol. The molecule has 2 atom stereocenters. The molecule has 0 saturated carbocycles. The van der Waals surface area contributed by atoms with E-state index in [1.54, 1.807) is 11.3 Å². The first kappa shape index (κ1) is 11.1. The van der Waals surface area contributed by atoms with Crippen LogP contribution in [0.25, 0.3) is 0 Å². The van der Waals surface area contributed by atoms with Crippen LogP contribution in [-0.4, -0.2) is 26.3 Å². The third-order valence-electron chi connectivity index (χ3n) is 3.23. The Bertz CT molecular complexity index is 273. The van der Waals surface area contributed by atoms with Gasteiger partial charge >= 0.3 is 0 Å². The molecule has 0 bridgehead atoms. The zero-order valence-electron chi connectivity index (χ0n) is 9.24. The maximum Gasteiger partial charge on any atom is 0.0509 e. The summed E-state index contributed by atoms with van der Waals surface area (Å²) in [6.07, 6.45) is 3.59. The summed E-state index contributed by atoms with van der Waals surface area (Å²) in [4.78, 5) is 0. The number of hydrogen-bond acceptors (Lipinski definition) is 3. The third kappa shape index (κ3) is 3.03. The molecule has 2 heterocycles. The first-order valence-corrected chi connectivity index (χ1v) is 6.60. The Labute approximate surface area is 95.6 Å². The Hall–Kier alpha value is -0.380. The van der Waals surface area contributed by atoms with E-state index in [2.05, 4.69) is 29.2 Å². The predicted octanol–water partition coefficient (Wildman–Crippen LogP) is 2.31. The van der Waals surface area contributed by atoms with Crippen molar-refractivity contribution in [2.24, 2.45) is 5.92 Å². The normalized spacial score (nSPS) is 26.7. The van der Waals surface area contributed by atoms with E-state index in [1.165, 1.54) is 18.4 Å². The molecule has 1 N–H and O–H groups in total. The summed E-state index contributed by atoms with van der Waals surface area (Å²) in [6, 6.07) is 2.88. The molecule has 1 aliphatic rings. The lowest BCUT2D eigenvalue weighted by Gasteiger charge is -2.31. The van der Waals surface area contributed by atoms with Crippen molar-refractivity contribution in [2.75, 3.05) is 20.3 Å². The van der Waals surface area contributed by atoms with Crippen LogP contribution in [0, 0.1) is 5.92 Å². The number of thiophene rings is 1. The van der Waals surface area contributed by atoms with E-state index in [-0.39, 0.29) is 0 Å². The van der Waals surface area contributed by atoms with Crippen molar-refractivity contribution in [2.45, 2.75) is 25.3 Å². The van der Waals surface area contributed by atoms with Gasteiger partial charge in [-0.1, -0.05) is 0 Å². The smallest absolute Gasteiger partial charge is 0.0509 e. The summed E-state index contributed by atoms with van der Waals surface area (Å²) in [7, 11) is 2.06. The van der Waals surface area contributed by atoms with Gasteiger partial charge in [-0.05, 0) is 54.6 Å². The highest BCUT2D eigenvalue weighted by Gasteiger charge is 2.23. The van der Waals surface area contributed by atoms with Gasteiger partial charge in [0.2, 0.25) is 0 Å². The van der Waals surface area contributed by atoms with Gasteiger partial charge in [-0.2, -0.15) is 11.3 Å². The van der Waals surface area contributed by atoms with Gasteiger partial charge in [0.15, 0.2) is 0 Å².